The van der Waals surface area contributed by atoms with E-state index in [0.29, 0.717) is 31.0 Å². The largest absolute Gasteiger partial charge is 0.490 e. The molecule has 148 valence electrons. The fourth-order valence-electron chi connectivity index (χ4n) is 2.85. The van der Waals surface area contributed by atoms with Crippen molar-refractivity contribution in [3.8, 4) is 5.75 Å². The third-order valence-electron chi connectivity index (χ3n) is 4.19. The summed E-state index contributed by atoms with van der Waals surface area (Å²) in [5.74, 6) is -1.10. The molecule has 0 radical (unpaired) electrons. The standard InChI is InChI=1S/C17H22N2O7S/c1-25-14-5-4-11(7-13(14)19(23)24)9-27-10-15(20)18-16(17(21)22)12-3-2-6-26-8-12/h4-5,7,12,16H,2-3,6,8-10H2,1H3,(H,18,20)(H,21,22). The van der Waals surface area contributed by atoms with Crippen LogP contribution in [-0.2, 0) is 20.1 Å². The van der Waals surface area contributed by atoms with E-state index < -0.39 is 16.9 Å². The van der Waals surface area contributed by atoms with E-state index in [4.69, 9.17) is 9.47 Å². The average molecular weight is 398 g/mol. The van der Waals surface area contributed by atoms with Crippen LogP contribution >= 0.6 is 11.8 Å². The molecule has 2 unspecified atom stereocenters. The van der Waals surface area contributed by atoms with Gasteiger partial charge < -0.3 is 19.9 Å². The number of methoxy groups -OCH3 is 1. The summed E-state index contributed by atoms with van der Waals surface area (Å²) in [7, 11) is 1.36. The number of nitro benzene ring substituents is 1. The number of carbonyl (C=O) groups excluding carboxylic acids is 1. The molecule has 2 rings (SSSR count). The minimum atomic E-state index is -1.07. The van der Waals surface area contributed by atoms with Crippen molar-refractivity contribution in [3.05, 3.63) is 33.9 Å². The third kappa shape index (κ3) is 6.10. The van der Waals surface area contributed by atoms with Crippen molar-refractivity contribution in [3.63, 3.8) is 0 Å². The number of hydrogen-bond donors (Lipinski definition) is 2. The summed E-state index contributed by atoms with van der Waals surface area (Å²) in [6.07, 6.45) is 1.47. The second-order valence-corrected chi connectivity index (χ2v) is 7.10. The quantitative estimate of drug-likeness (QED) is 0.476. The van der Waals surface area contributed by atoms with Gasteiger partial charge in [-0.3, -0.25) is 14.9 Å². The van der Waals surface area contributed by atoms with Crippen molar-refractivity contribution < 1.29 is 29.1 Å². The Labute approximate surface area is 160 Å². The van der Waals surface area contributed by atoms with Crippen molar-refractivity contribution >= 4 is 29.3 Å². The number of nitrogens with zero attached hydrogens (tertiary/aromatic N) is 1. The highest BCUT2D eigenvalue weighted by molar-refractivity contribution is 7.99. The van der Waals surface area contributed by atoms with Crippen LogP contribution in [0.25, 0.3) is 0 Å². The molecule has 0 aromatic heterocycles. The fourth-order valence-corrected chi connectivity index (χ4v) is 3.64. The molecular formula is C17H22N2O7S. The Kier molecular flexibility index (Phi) is 7.86. The molecule has 9 nitrogen and oxygen atoms in total. The van der Waals surface area contributed by atoms with Crippen LogP contribution in [0.3, 0.4) is 0 Å². The lowest BCUT2D eigenvalue weighted by Gasteiger charge is -2.28. The Morgan fingerprint density at radius 2 is 2.30 bits per heavy atom. The van der Waals surface area contributed by atoms with E-state index >= 15 is 0 Å². The van der Waals surface area contributed by atoms with Crippen molar-refractivity contribution in [1.82, 2.24) is 5.32 Å². The predicted octanol–water partition coefficient (Wildman–Crippen LogP) is 1.83. The number of ether oxygens (including phenoxy) is 2. The molecule has 27 heavy (non-hydrogen) atoms. The normalized spacial score (nSPS) is 17.7. The monoisotopic (exact) mass is 398 g/mol. The lowest BCUT2D eigenvalue weighted by Crippen LogP contribution is -2.48. The molecule has 2 N–H and O–H groups in total. The Hall–Kier alpha value is -2.33. The number of hydrogen-bond acceptors (Lipinski definition) is 7. The molecule has 1 aliphatic rings. The highest BCUT2D eigenvalue weighted by Crippen LogP contribution is 2.29. The summed E-state index contributed by atoms with van der Waals surface area (Å²) >= 11 is 1.25. The van der Waals surface area contributed by atoms with E-state index in [0.717, 1.165) is 6.42 Å². The summed E-state index contributed by atoms with van der Waals surface area (Å²) in [4.78, 5) is 34.1. The molecule has 0 aliphatic carbocycles. The van der Waals surface area contributed by atoms with Gasteiger partial charge in [0.15, 0.2) is 5.75 Å². The summed E-state index contributed by atoms with van der Waals surface area (Å²) in [5.41, 5.74) is 0.541. The Balaban J connectivity index is 1.87. The van der Waals surface area contributed by atoms with E-state index in [1.165, 1.54) is 31.0 Å². The number of carboxylic acid groups (broad SMARTS) is 1. The molecule has 0 bridgehead atoms. The minimum Gasteiger partial charge on any atom is -0.490 e. The van der Waals surface area contributed by atoms with E-state index in [2.05, 4.69) is 5.32 Å². The number of nitro groups is 1. The predicted molar refractivity (Wildman–Crippen MR) is 98.9 cm³/mol. The van der Waals surface area contributed by atoms with Gasteiger partial charge in [-0.1, -0.05) is 6.07 Å². The molecule has 2 atom stereocenters. The molecule has 1 aromatic rings. The van der Waals surface area contributed by atoms with E-state index in [9.17, 15) is 24.8 Å². The zero-order valence-electron chi connectivity index (χ0n) is 14.9. The SMILES string of the molecule is COc1ccc(CSCC(=O)NC(C(=O)O)C2CCCOC2)cc1[N+](=O)[O-]. The number of carboxylic acids is 1. The van der Waals surface area contributed by atoms with Crippen LogP contribution in [0.1, 0.15) is 18.4 Å². The maximum absolute atomic E-state index is 12.1. The first-order chi connectivity index (χ1) is 12.9. The number of nitrogens with one attached hydrogen (secondary N) is 1. The van der Waals surface area contributed by atoms with Crippen molar-refractivity contribution in [2.75, 3.05) is 26.1 Å². The van der Waals surface area contributed by atoms with Crippen LogP contribution in [0.5, 0.6) is 5.75 Å². The molecule has 1 heterocycles. The summed E-state index contributed by atoms with van der Waals surface area (Å²) in [5, 5.41) is 22.9. The Morgan fingerprint density at radius 3 is 2.89 bits per heavy atom. The number of benzene rings is 1. The van der Waals surface area contributed by atoms with E-state index in [1.807, 2.05) is 0 Å². The van der Waals surface area contributed by atoms with Crippen molar-refractivity contribution in [2.24, 2.45) is 5.92 Å². The van der Waals surface area contributed by atoms with E-state index in [-0.39, 0.29) is 29.0 Å². The van der Waals surface area contributed by atoms with Gasteiger partial charge in [-0.25, -0.2) is 4.79 Å². The van der Waals surface area contributed by atoms with Crippen LogP contribution in [-0.4, -0.2) is 54.0 Å². The summed E-state index contributed by atoms with van der Waals surface area (Å²) in [6.45, 7) is 0.931. The molecular weight excluding hydrogens is 376 g/mol. The second-order valence-electron chi connectivity index (χ2n) is 6.12. The van der Waals surface area contributed by atoms with Crippen molar-refractivity contribution in [1.29, 1.82) is 0 Å². The molecule has 0 spiro atoms. The van der Waals surface area contributed by atoms with Crippen LogP contribution in [0, 0.1) is 16.0 Å². The maximum atomic E-state index is 12.1. The number of amides is 1. The lowest BCUT2D eigenvalue weighted by molar-refractivity contribution is -0.385. The maximum Gasteiger partial charge on any atom is 0.326 e. The van der Waals surface area contributed by atoms with Gasteiger partial charge in [0.05, 0.1) is 24.4 Å². The van der Waals surface area contributed by atoms with Gasteiger partial charge in [-0.2, -0.15) is 0 Å². The van der Waals surface area contributed by atoms with Gasteiger partial charge in [0.1, 0.15) is 6.04 Å². The smallest absolute Gasteiger partial charge is 0.326 e. The number of rotatable bonds is 9. The molecule has 1 fully saturated rings. The number of thioether (sulfide) groups is 1. The molecule has 1 aliphatic heterocycles. The Morgan fingerprint density at radius 1 is 1.52 bits per heavy atom. The lowest BCUT2D eigenvalue weighted by atomic mass is 9.94. The van der Waals surface area contributed by atoms with E-state index in [1.54, 1.807) is 6.07 Å². The van der Waals surface area contributed by atoms with Gasteiger partial charge >= 0.3 is 11.7 Å². The van der Waals surface area contributed by atoms with Crippen LogP contribution in [0.15, 0.2) is 18.2 Å². The molecule has 1 saturated heterocycles. The second kappa shape index (κ2) is 10.1. The minimum absolute atomic E-state index is 0.0528. The van der Waals surface area contributed by atoms with Gasteiger partial charge in [0, 0.05) is 24.3 Å². The highest BCUT2D eigenvalue weighted by Gasteiger charge is 2.31. The number of carbonyl (C=O) groups is 2. The molecule has 0 saturated carbocycles. The molecule has 1 aromatic carbocycles. The highest BCUT2D eigenvalue weighted by atomic mass is 32.2. The third-order valence-corrected chi connectivity index (χ3v) is 5.20. The first-order valence-electron chi connectivity index (χ1n) is 8.41. The van der Waals surface area contributed by atoms with Crippen LogP contribution < -0.4 is 10.1 Å². The van der Waals surface area contributed by atoms with Gasteiger partial charge in [0.2, 0.25) is 5.91 Å². The van der Waals surface area contributed by atoms with Gasteiger partial charge in [0.25, 0.3) is 0 Å². The molecule has 10 heteroatoms. The first kappa shape index (κ1) is 21.0. The van der Waals surface area contributed by atoms with Gasteiger partial charge in [-0.15, -0.1) is 11.8 Å². The average Bonchev–Trinajstić information content (AvgIpc) is 2.66. The summed E-state index contributed by atoms with van der Waals surface area (Å²) < 4.78 is 10.2. The topological polar surface area (TPSA) is 128 Å². The summed E-state index contributed by atoms with van der Waals surface area (Å²) in [6, 6.07) is 3.64. The fraction of sp³-hybridized carbons (Fsp3) is 0.529. The molecule has 1 amide bonds. The first-order valence-corrected chi connectivity index (χ1v) is 9.56. The van der Waals surface area contributed by atoms with Crippen LogP contribution in [0.2, 0.25) is 0 Å². The number of aliphatic carboxylic acids is 1. The zero-order valence-corrected chi connectivity index (χ0v) is 15.7. The van der Waals surface area contributed by atoms with Gasteiger partial charge in [-0.05, 0) is 24.5 Å². The van der Waals surface area contributed by atoms with Crippen LogP contribution in [0.4, 0.5) is 5.69 Å². The zero-order chi connectivity index (χ0) is 19.8. The van der Waals surface area contributed by atoms with Crippen molar-refractivity contribution in [2.45, 2.75) is 24.6 Å². The Bertz CT molecular complexity index is 692.